The van der Waals surface area contributed by atoms with Crippen LogP contribution in [0, 0.1) is 0 Å². The highest BCUT2D eigenvalue weighted by atomic mass is 32.2. The Morgan fingerprint density at radius 2 is 1.71 bits per heavy atom. The number of hydrogen-bond donors (Lipinski definition) is 2. The molecule has 2 rings (SSSR count). The molecule has 0 aliphatic heterocycles. The van der Waals surface area contributed by atoms with Gasteiger partial charge in [-0.05, 0) is 63.7 Å². The van der Waals surface area contributed by atoms with Crippen LogP contribution < -0.4 is 19.5 Å². The predicted octanol–water partition coefficient (Wildman–Crippen LogP) is 2.88. The SMILES string of the molecule is CCOc1ccc([C@@H](C)NC(=O)c2cccc(S(=O)(=O)NC)c2)cc1OCC. The summed E-state index contributed by atoms with van der Waals surface area (Å²) in [5, 5.41) is 2.88. The molecule has 0 heterocycles. The van der Waals surface area contributed by atoms with Gasteiger partial charge in [0.05, 0.1) is 24.2 Å². The van der Waals surface area contributed by atoms with Crippen molar-refractivity contribution in [3.63, 3.8) is 0 Å². The van der Waals surface area contributed by atoms with Gasteiger partial charge in [-0.15, -0.1) is 0 Å². The van der Waals surface area contributed by atoms with Crippen LogP contribution in [0.5, 0.6) is 11.5 Å². The van der Waals surface area contributed by atoms with Gasteiger partial charge in [-0.25, -0.2) is 13.1 Å². The molecule has 0 fully saturated rings. The molecule has 0 spiro atoms. The van der Waals surface area contributed by atoms with Crippen LogP contribution in [0.1, 0.15) is 42.7 Å². The molecule has 8 heteroatoms. The van der Waals surface area contributed by atoms with Gasteiger partial charge in [0.15, 0.2) is 11.5 Å². The minimum atomic E-state index is -3.62. The molecule has 7 nitrogen and oxygen atoms in total. The van der Waals surface area contributed by atoms with E-state index in [0.29, 0.717) is 24.7 Å². The lowest BCUT2D eigenvalue weighted by Crippen LogP contribution is -2.27. The molecule has 0 aliphatic carbocycles. The Hall–Kier alpha value is -2.58. The van der Waals surface area contributed by atoms with E-state index in [-0.39, 0.29) is 22.4 Å². The molecule has 1 amide bonds. The van der Waals surface area contributed by atoms with Crippen LogP contribution in [0.15, 0.2) is 47.4 Å². The molecule has 28 heavy (non-hydrogen) atoms. The average Bonchev–Trinajstić information content (AvgIpc) is 2.69. The summed E-state index contributed by atoms with van der Waals surface area (Å²) in [5.74, 6) is 0.897. The molecule has 0 saturated heterocycles. The van der Waals surface area contributed by atoms with E-state index in [1.807, 2.05) is 39.0 Å². The molecule has 1 atom stereocenters. The zero-order valence-corrected chi connectivity index (χ0v) is 17.3. The standard InChI is InChI=1S/C20H26N2O5S/c1-5-26-18-11-10-15(13-19(18)27-6-2)14(3)22-20(23)16-8-7-9-17(12-16)28(24,25)21-4/h7-14,21H,5-6H2,1-4H3,(H,22,23)/t14-/m1/s1. The maximum absolute atomic E-state index is 12.6. The fourth-order valence-electron chi connectivity index (χ4n) is 2.62. The number of amides is 1. The van der Waals surface area contributed by atoms with Crippen LogP contribution in [0.25, 0.3) is 0 Å². The number of carbonyl (C=O) groups excluding carboxylic acids is 1. The first-order valence-electron chi connectivity index (χ1n) is 9.06. The smallest absolute Gasteiger partial charge is 0.251 e. The zero-order chi connectivity index (χ0) is 20.7. The van der Waals surface area contributed by atoms with E-state index >= 15 is 0 Å². The normalized spacial score (nSPS) is 12.3. The van der Waals surface area contributed by atoms with Gasteiger partial charge in [0, 0.05) is 5.56 Å². The highest BCUT2D eigenvalue weighted by molar-refractivity contribution is 7.89. The molecule has 0 radical (unpaired) electrons. The molecule has 2 aromatic rings. The summed E-state index contributed by atoms with van der Waals surface area (Å²) in [5.41, 5.74) is 1.11. The number of carbonyl (C=O) groups is 1. The van der Waals surface area contributed by atoms with Gasteiger partial charge in [0.1, 0.15) is 0 Å². The third-order valence-electron chi connectivity index (χ3n) is 4.09. The first-order valence-corrected chi connectivity index (χ1v) is 10.5. The van der Waals surface area contributed by atoms with Crippen molar-refractivity contribution in [2.75, 3.05) is 20.3 Å². The molecule has 0 bridgehead atoms. The molecule has 2 aromatic carbocycles. The van der Waals surface area contributed by atoms with Crippen LogP contribution in [0.3, 0.4) is 0 Å². The number of sulfonamides is 1. The third kappa shape index (κ3) is 5.24. The van der Waals surface area contributed by atoms with E-state index in [4.69, 9.17) is 9.47 Å². The first-order chi connectivity index (χ1) is 13.3. The largest absolute Gasteiger partial charge is 0.490 e. The molecule has 152 valence electrons. The van der Waals surface area contributed by atoms with Crippen LogP contribution in [0.4, 0.5) is 0 Å². The second kappa shape index (κ2) is 9.57. The van der Waals surface area contributed by atoms with Crippen molar-refractivity contribution < 1.29 is 22.7 Å². The van der Waals surface area contributed by atoms with E-state index in [9.17, 15) is 13.2 Å². The number of ether oxygens (including phenoxy) is 2. The van der Waals surface area contributed by atoms with Gasteiger partial charge in [0.2, 0.25) is 10.0 Å². The van der Waals surface area contributed by atoms with Crippen molar-refractivity contribution in [3.05, 3.63) is 53.6 Å². The first kappa shape index (κ1) is 21.7. The van der Waals surface area contributed by atoms with Gasteiger partial charge in [0.25, 0.3) is 5.91 Å². The summed E-state index contributed by atoms with van der Waals surface area (Å²) in [6.45, 7) is 6.65. The lowest BCUT2D eigenvalue weighted by atomic mass is 10.1. The second-order valence-electron chi connectivity index (χ2n) is 6.00. The zero-order valence-electron chi connectivity index (χ0n) is 16.5. The van der Waals surface area contributed by atoms with Gasteiger partial charge in [-0.3, -0.25) is 4.79 Å². The van der Waals surface area contributed by atoms with Crippen molar-refractivity contribution in [1.82, 2.24) is 10.0 Å². The van der Waals surface area contributed by atoms with Crippen molar-refractivity contribution in [2.24, 2.45) is 0 Å². The Bertz CT molecular complexity index is 928. The lowest BCUT2D eigenvalue weighted by Gasteiger charge is -2.18. The Balaban J connectivity index is 2.20. The van der Waals surface area contributed by atoms with E-state index in [1.165, 1.54) is 25.2 Å². The lowest BCUT2D eigenvalue weighted by molar-refractivity contribution is 0.0939. The van der Waals surface area contributed by atoms with E-state index in [2.05, 4.69) is 10.0 Å². The van der Waals surface area contributed by atoms with Crippen LogP contribution >= 0.6 is 0 Å². The third-order valence-corrected chi connectivity index (χ3v) is 5.50. The van der Waals surface area contributed by atoms with Gasteiger partial charge in [-0.2, -0.15) is 0 Å². The molecule has 0 aromatic heterocycles. The van der Waals surface area contributed by atoms with Gasteiger partial charge >= 0.3 is 0 Å². The monoisotopic (exact) mass is 406 g/mol. The van der Waals surface area contributed by atoms with Crippen LogP contribution in [0.2, 0.25) is 0 Å². The molecular formula is C20H26N2O5S. The summed E-state index contributed by atoms with van der Waals surface area (Å²) in [6, 6.07) is 11.1. The van der Waals surface area contributed by atoms with Crippen LogP contribution in [-0.4, -0.2) is 34.6 Å². The minimum absolute atomic E-state index is 0.0370. The Kier molecular flexibility index (Phi) is 7.42. The summed E-state index contributed by atoms with van der Waals surface area (Å²) >= 11 is 0. The Labute approximate surface area is 166 Å². The molecule has 0 saturated carbocycles. The predicted molar refractivity (Wildman–Crippen MR) is 107 cm³/mol. The Morgan fingerprint density at radius 1 is 1.04 bits per heavy atom. The maximum Gasteiger partial charge on any atom is 0.251 e. The number of hydrogen-bond acceptors (Lipinski definition) is 5. The van der Waals surface area contributed by atoms with E-state index in [0.717, 1.165) is 5.56 Å². The fourth-order valence-corrected chi connectivity index (χ4v) is 3.40. The molecule has 2 N–H and O–H groups in total. The summed E-state index contributed by atoms with van der Waals surface area (Å²) in [7, 11) is -2.29. The van der Waals surface area contributed by atoms with Crippen molar-refractivity contribution in [2.45, 2.75) is 31.7 Å². The summed E-state index contributed by atoms with van der Waals surface area (Å²) in [4.78, 5) is 12.6. The molecular weight excluding hydrogens is 380 g/mol. The van der Waals surface area contributed by atoms with Crippen molar-refractivity contribution in [3.8, 4) is 11.5 Å². The summed E-state index contributed by atoms with van der Waals surface area (Å²) < 4.78 is 37.3. The van der Waals surface area contributed by atoms with Crippen molar-refractivity contribution >= 4 is 15.9 Å². The van der Waals surface area contributed by atoms with Gasteiger partial charge in [-0.1, -0.05) is 12.1 Å². The van der Waals surface area contributed by atoms with Crippen LogP contribution in [-0.2, 0) is 10.0 Å². The molecule has 0 aliphatic rings. The number of nitrogens with one attached hydrogen (secondary N) is 2. The minimum Gasteiger partial charge on any atom is -0.490 e. The number of benzene rings is 2. The van der Waals surface area contributed by atoms with E-state index < -0.39 is 10.0 Å². The fraction of sp³-hybridized carbons (Fsp3) is 0.350. The number of rotatable bonds is 9. The highest BCUT2D eigenvalue weighted by Crippen LogP contribution is 2.30. The van der Waals surface area contributed by atoms with Crippen molar-refractivity contribution in [1.29, 1.82) is 0 Å². The highest BCUT2D eigenvalue weighted by Gasteiger charge is 2.17. The second-order valence-corrected chi connectivity index (χ2v) is 7.89. The van der Waals surface area contributed by atoms with E-state index in [1.54, 1.807) is 6.07 Å². The van der Waals surface area contributed by atoms with Gasteiger partial charge < -0.3 is 14.8 Å². The molecule has 0 unspecified atom stereocenters. The topological polar surface area (TPSA) is 93.7 Å². The quantitative estimate of drug-likeness (QED) is 0.668. The Morgan fingerprint density at radius 3 is 2.36 bits per heavy atom. The summed E-state index contributed by atoms with van der Waals surface area (Å²) in [6.07, 6.45) is 0. The maximum atomic E-state index is 12.6. The average molecular weight is 407 g/mol.